The van der Waals surface area contributed by atoms with Gasteiger partial charge in [0.05, 0.1) is 11.5 Å². The Morgan fingerprint density at radius 3 is 2.82 bits per heavy atom. The van der Waals surface area contributed by atoms with Crippen molar-refractivity contribution in [3.05, 3.63) is 28.8 Å². The first-order chi connectivity index (χ1) is 8.00. The number of rotatable bonds is 3. The minimum Gasteiger partial charge on any atom is -0.489 e. The molecule has 2 N–H and O–H groups in total. The Morgan fingerprint density at radius 1 is 1.47 bits per heavy atom. The summed E-state index contributed by atoms with van der Waals surface area (Å²) >= 11 is 5.85. The van der Waals surface area contributed by atoms with Gasteiger partial charge in [-0.05, 0) is 24.6 Å². The third kappa shape index (κ3) is 3.12. The lowest BCUT2D eigenvalue weighted by molar-refractivity contribution is 0.226. The molecule has 1 fully saturated rings. The van der Waals surface area contributed by atoms with Crippen LogP contribution in [0.15, 0.2) is 18.2 Å². The highest BCUT2D eigenvalue weighted by molar-refractivity contribution is 7.91. The number of nitrogens with two attached hydrogens (primary N) is 1. The molecule has 1 heterocycles. The molecule has 1 aromatic rings. The molecule has 94 valence electrons. The summed E-state index contributed by atoms with van der Waals surface area (Å²) in [6.45, 7) is 0.315. The summed E-state index contributed by atoms with van der Waals surface area (Å²) < 4.78 is 28.3. The van der Waals surface area contributed by atoms with Crippen LogP contribution in [0.1, 0.15) is 12.0 Å². The summed E-state index contributed by atoms with van der Waals surface area (Å²) in [6, 6.07) is 5.18. The Balaban J connectivity index is 2.14. The van der Waals surface area contributed by atoms with Crippen molar-refractivity contribution in [2.75, 3.05) is 11.5 Å². The smallest absolute Gasteiger partial charge is 0.154 e. The van der Waals surface area contributed by atoms with Crippen LogP contribution in [0.4, 0.5) is 0 Å². The topological polar surface area (TPSA) is 69.4 Å². The van der Waals surface area contributed by atoms with Crippen molar-refractivity contribution in [3.8, 4) is 5.75 Å². The molecule has 0 spiro atoms. The second-order valence-corrected chi connectivity index (χ2v) is 6.76. The van der Waals surface area contributed by atoms with Gasteiger partial charge >= 0.3 is 0 Å². The largest absolute Gasteiger partial charge is 0.489 e. The second kappa shape index (κ2) is 4.84. The Hall–Kier alpha value is -0.780. The van der Waals surface area contributed by atoms with Gasteiger partial charge in [0, 0.05) is 17.1 Å². The third-order valence-electron chi connectivity index (χ3n) is 2.73. The monoisotopic (exact) mass is 275 g/mol. The molecule has 1 aliphatic rings. The van der Waals surface area contributed by atoms with Gasteiger partial charge in [-0.25, -0.2) is 8.42 Å². The molecule has 0 aromatic heterocycles. The van der Waals surface area contributed by atoms with Crippen LogP contribution in [0.5, 0.6) is 5.75 Å². The van der Waals surface area contributed by atoms with Gasteiger partial charge in [0.1, 0.15) is 11.9 Å². The quantitative estimate of drug-likeness (QED) is 0.904. The van der Waals surface area contributed by atoms with Crippen LogP contribution >= 0.6 is 11.6 Å². The first kappa shape index (κ1) is 12.7. The molecule has 0 radical (unpaired) electrons. The van der Waals surface area contributed by atoms with Crippen molar-refractivity contribution in [1.29, 1.82) is 0 Å². The minimum absolute atomic E-state index is 0.0830. The normalized spacial score (nSPS) is 22.6. The van der Waals surface area contributed by atoms with Crippen LogP contribution in [-0.2, 0) is 16.4 Å². The third-order valence-corrected chi connectivity index (χ3v) is 4.70. The van der Waals surface area contributed by atoms with Gasteiger partial charge in [0.15, 0.2) is 9.84 Å². The van der Waals surface area contributed by atoms with Crippen molar-refractivity contribution in [2.45, 2.75) is 19.1 Å². The Bertz CT molecular complexity index is 515. The number of benzene rings is 1. The Kier molecular flexibility index (Phi) is 3.61. The molecule has 4 nitrogen and oxygen atoms in total. The molecule has 1 unspecified atom stereocenters. The number of sulfone groups is 1. The van der Waals surface area contributed by atoms with Crippen LogP contribution in [0.25, 0.3) is 0 Å². The van der Waals surface area contributed by atoms with Crippen molar-refractivity contribution in [3.63, 3.8) is 0 Å². The molecule has 1 aliphatic heterocycles. The molecule has 1 aromatic carbocycles. The fraction of sp³-hybridized carbons (Fsp3) is 0.455. The highest BCUT2D eigenvalue weighted by atomic mass is 35.5. The summed E-state index contributed by atoms with van der Waals surface area (Å²) in [7, 11) is -2.93. The van der Waals surface area contributed by atoms with Crippen molar-refractivity contribution < 1.29 is 13.2 Å². The van der Waals surface area contributed by atoms with Gasteiger partial charge in [0.25, 0.3) is 0 Å². The maximum atomic E-state index is 11.3. The SMILES string of the molecule is NCc1cc(Cl)ccc1OC1CCS(=O)(=O)C1. The fourth-order valence-corrected chi connectivity index (χ4v) is 3.64. The van der Waals surface area contributed by atoms with E-state index in [1.807, 2.05) is 0 Å². The molecule has 0 amide bonds. The summed E-state index contributed by atoms with van der Waals surface area (Å²) in [5.41, 5.74) is 6.38. The van der Waals surface area contributed by atoms with Crippen LogP contribution in [0, 0.1) is 0 Å². The van der Waals surface area contributed by atoms with E-state index in [1.54, 1.807) is 18.2 Å². The van der Waals surface area contributed by atoms with E-state index in [0.717, 1.165) is 5.56 Å². The molecular weight excluding hydrogens is 262 g/mol. The molecule has 0 bridgehead atoms. The molecule has 2 rings (SSSR count). The van der Waals surface area contributed by atoms with Gasteiger partial charge < -0.3 is 10.5 Å². The van der Waals surface area contributed by atoms with Gasteiger partial charge in [0.2, 0.25) is 0 Å². The summed E-state index contributed by atoms with van der Waals surface area (Å²) in [5.74, 6) is 0.905. The molecule has 1 saturated heterocycles. The average Bonchev–Trinajstić information content (AvgIpc) is 2.61. The molecule has 0 saturated carbocycles. The van der Waals surface area contributed by atoms with E-state index in [-0.39, 0.29) is 17.6 Å². The average molecular weight is 276 g/mol. The van der Waals surface area contributed by atoms with E-state index in [0.29, 0.717) is 23.7 Å². The van der Waals surface area contributed by atoms with E-state index >= 15 is 0 Å². The van der Waals surface area contributed by atoms with Crippen LogP contribution in [0.3, 0.4) is 0 Å². The minimum atomic E-state index is -2.93. The van der Waals surface area contributed by atoms with E-state index in [1.165, 1.54) is 0 Å². The van der Waals surface area contributed by atoms with Crippen LogP contribution in [0.2, 0.25) is 5.02 Å². The summed E-state index contributed by atoms with van der Waals surface area (Å²) in [5, 5.41) is 0.594. The van der Waals surface area contributed by atoms with Gasteiger partial charge in [-0.2, -0.15) is 0 Å². The lowest BCUT2D eigenvalue weighted by Crippen LogP contribution is -2.18. The summed E-state index contributed by atoms with van der Waals surface area (Å²) in [6.07, 6.45) is 0.265. The molecule has 17 heavy (non-hydrogen) atoms. The zero-order valence-electron chi connectivity index (χ0n) is 9.23. The molecule has 6 heteroatoms. The van der Waals surface area contributed by atoms with E-state index in [2.05, 4.69) is 0 Å². The zero-order chi connectivity index (χ0) is 12.5. The number of hydrogen-bond donors (Lipinski definition) is 1. The van der Waals surface area contributed by atoms with Crippen molar-refractivity contribution >= 4 is 21.4 Å². The lowest BCUT2D eigenvalue weighted by Gasteiger charge is -2.15. The van der Waals surface area contributed by atoms with Crippen molar-refractivity contribution in [1.82, 2.24) is 0 Å². The number of hydrogen-bond acceptors (Lipinski definition) is 4. The first-order valence-corrected chi connectivity index (χ1v) is 7.56. The van der Waals surface area contributed by atoms with E-state index in [4.69, 9.17) is 22.1 Å². The fourth-order valence-electron chi connectivity index (χ4n) is 1.86. The Labute approximate surface area is 106 Å². The van der Waals surface area contributed by atoms with Gasteiger partial charge in [-0.1, -0.05) is 11.6 Å². The molecule has 1 atom stereocenters. The van der Waals surface area contributed by atoms with Crippen molar-refractivity contribution in [2.24, 2.45) is 5.73 Å². The second-order valence-electron chi connectivity index (χ2n) is 4.10. The molecular formula is C11H14ClNO3S. The van der Waals surface area contributed by atoms with Crippen LogP contribution in [-0.4, -0.2) is 26.0 Å². The van der Waals surface area contributed by atoms with Crippen LogP contribution < -0.4 is 10.5 Å². The standard InChI is InChI=1S/C11H14ClNO3S/c12-9-1-2-11(8(5-9)6-13)16-10-3-4-17(14,15)7-10/h1-2,5,10H,3-4,6-7,13H2. The summed E-state index contributed by atoms with van der Waals surface area (Å²) in [4.78, 5) is 0. The van der Waals surface area contributed by atoms with Gasteiger partial charge in [-0.15, -0.1) is 0 Å². The maximum Gasteiger partial charge on any atom is 0.154 e. The lowest BCUT2D eigenvalue weighted by atomic mass is 10.2. The Morgan fingerprint density at radius 2 is 2.24 bits per heavy atom. The highest BCUT2D eigenvalue weighted by Crippen LogP contribution is 2.26. The maximum absolute atomic E-state index is 11.3. The number of halogens is 1. The zero-order valence-corrected chi connectivity index (χ0v) is 10.8. The first-order valence-electron chi connectivity index (χ1n) is 5.36. The van der Waals surface area contributed by atoms with E-state index < -0.39 is 9.84 Å². The number of ether oxygens (including phenoxy) is 1. The predicted molar refractivity (Wildman–Crippen MR) is 67.0 cm³/mol. The molecule has 0 aliphatic carbocycles. The van der Waals surface area contributed by atoms with Gasteiger partial charge in [-0.3, -0.25) is 0 Å². The van der Waals surface area contributed by atoms with E-state index in [9.17, 15) is 8.42 Å². The predicted octanol–water partition coefficient (Wildman–Crippen LogP) is 1.36. The highest BCUT2D eigenvalue weighted by Gasteiger charge is 2.29.